The SMILES string of the molecule is O=C(O)CC1CCNC1c1ccccc1Cl. The normalized spacial score (nSPS) is 24.6. The zero-order valence-electron chi connectivity index (χ0n) is 8.82. The molecule has 0 aliphatic carbocycles. The Labute approximate surface area is 99.4 Å². The van der Waals surface area contributed by atoms with Crippen LogP contribution in [-0.4, -0.2) is 17.6 Å². The first-order chi connectivity index (χ1) is 7.68. The fraction of sp³-hybridized carbons (Fsp3) is 0.417. The number of carboxylic acid groups (broad SMARTS) is 1. The zero-order chi connectivity index (χ0) is 11.5. The van der Waals surface area contributed by atoms with Gasteiger partial charge >= 0.3 is 5.97 Å². The first kappa shape index (κ1) is 11.4. The Morgan fingerprint density at radius 2 is 2.25 bits per heavy atom. The number of carboxylic acids is 1. The first-order valence-corrected chi connectivity index (χ1v) is 5.76. The molecule has 1 aromatic carbocycles. The molecule has 1 fully saturated rings. The van der Waals surface area contributed by atoms with Crippen molar-refractivity contribution in [1.82, 2.24) is 5.32 Å². The molecule has 3 nitrogen and oxygen atoms in total. The lowest BCUT2D eigenvalue weighted by Crippen LogP contribution is -2.20. The van der Waals surface area contributed by atoms with Gasteiger partial charge in [0.15, 0.2) is 0 Å². The van der Waals surface area contributed by atoms with Crippen LogP contribution >= 0.6 is 11.6 Å². The second-order valence-electron chi connectivity index (χ2n) is 4.10. The topological polar surface area (TPSA) is 49.3 Å². The number of rotatable bonds is 3. The summed E-state index contributed by atoms with van der Waals surface area (Å²) in [7, 11) is 0. The zero-order valence-corrected chi connectivity index (χ0v) is 9.57. The van der Waals surface area contributed by atoms with Crippen LogP contribution in [0.3, 0.4) is 0 Å². The van der Waals surface area contributed by atoms with E-state index in [1.54, 1.807) is 0 Å². The minimum Gasteiger partial charge on any atom is -0.481 e. The van der Waals surface area contributed by atoms with Crippen molar-refractivity contribution in [3.8, 4) is 0 Å². The van der Waals surface area contributed by atoms with Crippen molar-refractivity contribution in [3.63, 3.8) is 0 Å². The predicted octanol–water partition coefficient (Wildman–Crippen LogP) is 2.47. The summed E-state index contributed by atoms with van der Waals surface area (Å²) in [5, 5.41) is 12.9. The Balaban J connectivity index is 2.20. The van der Waals surface area contributed by atoms with E-state index in [-0.39, 0.29) is 18.4 Å². The van der Waals surface area contributed by atoms with Gasteiger partial charge in [-0.25, -0.2) is 0 Å². The fourth-order valence-corrected chi connectivity index (χ4v) is 2.55. The highest BCUT2D eigenvalue weighted by Gasteiger charge is 2.30. The summed E-state index contributed by atoms with van der Waals surface area (Å²) in [6.45, 7) is 0.855. The molecule has 0 amide bonds. The maximum Gasteiger partial charge on any atom is 0.303 e. The molecule has 0 radical (unpaired) electrons. The number of halogens is 1. The number of aliphatic carboxylic acids is 1. The Bertz CT molecular complexity index is 394. The van der Waals surface area contributed by atoms with Crippen LogP contribution < -0.4 is 5.32 Å². The quantitative estimate of drug-likeness (QED) is 0.852. The summed E-state index contributed by atoms with van der Waals surface area (Å²) >= 11 is 6.12. The van der Waals surface area contributed by atoms with Gasteiger partial charge in [0.05, 0.1) is 6.42 Å². The summed E-state index contributed by atoms with van der Waals surface area (Å²) in [6, 6.07) is 7.69. The molecule has 2 rings (SSSR count). The highest BCUT2D eigenvalue weighted by atomic mass is 35.5. The molecule has 0 saturated carbocycles. The lowest BCUT2D eigenvalue weighted by molar-refractivity contribution is -0.138. The monoisotopic (exact) mass is 239 g/mol. The van der Waals surface area contributed by atoms with Gasteiger partial charge < -0.3 is 10.4 Å². The maximum absolute atomic E-state index is 10.8. The van der Waals surface area contributed by atoms with Gasteiger partial charge in [-0.2, -0.15) is 0 Å². The summed E-state index contributed by atoms with van der Waals surface area (Å²) < 4.78 is 0. The molecule has 1 heterocycles. The van der Waals surface area contributed by atoms with Crippen LogP contribution in [0.1, 0.15) is 24.4 Å². The highest BCUT2D eigenvalue weighted by molar-refractivity contribution is 6.31. The van der Waals surface area contributed by atoms with E-state index in [0.717, 1.165) is 18.5 Å². The molecule has 0 bridgehead atoms. The van der Waals surface area contributed by atoms with Crippen molar-refractivity contribution in [2.75, 3.05) is 6.54 Å². The Morgan fingerprint density at radius 1 is 1.50 bits per heavy atom. The lowest BCUT2D eigenvalue weighted by Gasteiger charge is -2.19. The van der Waals surface area contributed by atoms with E-state index in [0.29, 0.717) is 5.02 Å². The van der Waals surface area contributed by atoms with E-state index in [1.165, 1.54) is 0 Å². The van der Waals surface area contributed by atoms with E-state index in [2.05, 4.69) is 5.32 Å². The van der Waals surface area contributed by atoms with E-state index in [1.807, 2.05) is 24.3 Å². The minimum absolute atomic E-state index is 0.0739. The maximum atomic E-state index is 10.8. The third kappa shape index (κ3) is 2.36. The van der Waals surface area contributed by atoms with Crippen LogP contribution in [0.5, 0.6) is 0 Å². The average molecular weight is 240 g/mol. The summed E-state index contributed by atoms with van der Waals surface area (Å²) in [6.07, 6.45) is 1.09. The van der Waals surface area contributed by atoms with Gasteiger partial charge in [-0.3, -0.25) is 4.79 Å². The molecular weight excluding hydrogens is 226 g/mol. The van der Waals surface area contributed by atoms with Crippen molar-refractivity contribution < 1.29 is 9.90 Å². The smallest absolute Gasteiger partial charge is 0.303 e. The van der Waals surface area contributed by atoms with E-state index in [9.17, 15) is 4.79 Å². The molecule has 2 N–H and O–H groups in total. The van der Waals surface area contributed by atoms with E-state index < -0.39 is 5.97 Å². The Morgan fingerprint density at radius 3 is 2.94 bits per heavy atom. The molecule has 1 saturated heterocycles. The van der Waals surface area contributed by atoms with Crippen LogP contribution in [0.15, 0.2) is 24.3 Å². The average Bonchev–Trinajstić information content (AvgIpc) is 2.66. The summed E-state index contributed by atoms with van der Waals surface area (Å²) in [5.74, 6) is -0.608. The van der Waals surface area contributed by atoms with Crippen molar-refractivity contribution in [2.45, 2.75) is 18.9 Å². The lowest BCUT2D eigenvalue weighted by atomic mass is 9.91. The van der Waals surface area contributed by atoms with Gasteiger partial charge in [0.25, 0.3) is 0 Å². The molecule has 1 aliphatic rings. The van der Waals surface area contributed by atoms with E-state index in [4.69, 9.17) is 16.7 Å². The van der Waals surface area contributed by atoms with E-state index >= 15 is 0 Å². The third-order valence-corrected chi connectivity index (χ3v) is 3.37. The van der Waals surface area contributed by atoms with Crippen LogP contribution in [0, 0.1) is 5.92 Å². The number of hydrogen-bond acceptors (Lipinski definition) is 2. The Hall–Kier alpha value is -1.06. The highest BCUT2D eigenvalue weighted by Crippen LogP contribution is 2.35. The Kier molecular flexibility index (Phi) is 3.46. The number of carbonyl (C=O) groups is 1. The standard InChI is InChI=1S/C12H14ClNO2/c13-10-4-2-1-3-9(10)12-8(5-6-14-12)7-11(15)16/h1-4,8,12,14H,5-7H2,(H,15,16). The molecule has 4 heteroatoms. The van der Waals surface area contributed by atoms with Crippen LogP contribution in [0.4, 0.5) is 0 Å². The first-order valence-electron chi connectivity index (χ1n) is 5.38. The second kappa shape index (κ2) is 4.85. The van der Waals surface area contributed by atoms with Crippen molar-refractivity contribution in [3.05, 3.63) is 34.9 Å². The molecule has 16 heavy (non-hydrogen) atoms. The number of nitrogens with one attached hydrogen (secondary N) is 1. The molecule has 0 aromatic heterocycles. The fourth-order valence-electron chi connectivity index (χ4n) is 2.29. The molecule has 1 aliphatic heterocycles. The summed E-state index contributed by atoms with van der Waals surface area (Å²) in [4.78, 5) is 10.8. The largest absolute Gasteiger partial charge is 0.481 e. The molecule has 1 aromatic rings. The summed E-state index contributed by atoms with van der Waals surface area (Å²) in [5.41, 5.74) is 1.01. The van der Waals surface area contributed by atoms with Gasteiger partial charge in [0.1, 0.15) is 0 Å². The number of hydrogen-bond donors (Lipinski definition) is 2. The van der Waals surface area contributed by atoms with Crippen molar-refractivity contribution >= 4 is 17.6 Å². The van der Waals surface area contributed by atoms with Gasteiger partial charge in [-0.15, -0.1) is 0 Å². The molecule has 2 unspecified atom stereocenters. The number of benzene rings is 1. The predicted molar refractivity (Wildman–Crippen MR) is 62.6 cm³/mol. The van der Waals surface area contributed by atoms with Crippen molar-refractivity contribution in [1.29, 1.82) is 0 Å². The van der Waals surface area contributed by atoms with Crippen LogP contribution in [0.25, 0.3) is 0 Å². The minimum atomic E-state index is -0.745. The molecule has 86 valence electrons. The third-order valence-electron chi connectivity index (χ3n) is 3.03. The van der Waals surface area contributed by atoms with Crippen LogP contribution in [-0.2, 0) is 4.79 Å². The van der Waals surface area contributed by atoms with Gasteiger partial charge in [0.2, 0.25) is 0 Å². The van der Waals surface area contributed by atoms with Gasteiger partial charge in [-0.05, 0) is 30.5 Å². The van der Waals surface area contributed by atoms with Crippen molar-refractivity contribution in [2.24, 2.45) is 5.92 Å². The second-order valence-corrected chi connectivity index (χ2v) is 4.51. The molecule has 2 atom stereocenters. The van der Waals surface area contributed by atoms with Gasteiger partial charge in [-0.1, -0.05) is 29.8 Å². The van der Waals surface area contributed by atoms with Crippen LogP contribution in [0.2, 0.25) is 5.02 Å². The molecular formula is C12H14ClNO2. The molecule has 0 spiro atoms. The van der Waals surface area contributed by atoms with Gasteiger partial charge in [0, 0.05) is 11.1 Å².